The molecule has 0 unspecified atom stereocenters. The fourth-order valence-corrected chi connectivity index (χ4v) is 3.38. The summed E-state index contributed by atoms with van der Waals surface area (Å²) in [5.41, 5.74) is 3.41. The Hall–Kier alpha value is -2.30. The van der Waals surface area contributed by atoms with E-state index in [1.807, 2.05) is 13.0 Å². The van der Waals surface area contributed by atoms with Gasteiger partial charge < -0.3 is 14.4 Å². The minimum absolute atomic E-state index is 0.0263. The predicted molar refractivity (Wildman–Crippen MR) is 93.4 cm³/mol. The zero-order valence-electron chi connectivity index (χ0n) is 14.6. The molecule has 1 N–H and O–H groups in total. The van der Waals surface area contributed by atoms with Gasteiger partial charge >= 0.3 is 5.97 Å². The summed E-state index contributed by atoms with van der Waals surface area (Å²) in [6, 6.07) is 8.26. The summed E-state index contributed by atoms with van der Waals surface area (Å²) < 4.78 is 10.5. The predicted octanol–water partition coefficient (Wildman–Crippen LogP) is 2.75. The highest BCUT2D eigenvalue weighted by Crippen LogP contribution is 2.31. The maximum atomic E-state index is 11.9. The Balaban J connectivity index is 1.86. The number of ether oxygens (including phenoxy) is 2. The first-order valence-corrected chi connectivity index (χ1v) is 8.54. The molecule has 3 rings (SSSR count). The van der Waals surface area contributed by atoms with Crippen LogP contribution in [0.4, 0.5) is 5.69 Å². The van der Waals surface area contributed by atoms with Gasteiger partial charge in [-0.15, -0.1) is 0 Å². The molecule has 0 aliphatic carbocycles. The highest BCUT2D eigenvalue weighted by molar-refractivity contribution is 5.91. The molecular formula is C19H25N2O3+. The maximum Gasteiger partial charge on any atom is 0.309 e. The van der Waals surface area contributed by atoms with Gasteiger partial charge in [-0.25, -0.2) is 4.98 Å². The Morgan fingerprint density at radius 1 is 1.29 bits per heavy atom. The number of carbonyl (C=O) groups is 1. The van der Waals surface area contributed by atoms with Crippen LogP contribution in [0.5, 0.6) is 5.75 Å². The Labute approximate surface area is 142 Å². The second-order valence-corrected chi connectivity index (χ2v) is 6.26. The SMILES string of the molecule is CCOC(=O)C1CCN(c2cc(C)[nH+]c3ccc(OC)cc23)CC1. The van der Waals surface area contributed by atoms with E-state index in [-0.39, 0.29) is 11.9 Å². The number of benzene rings is 1. The van der Waals surface area contributed by atoms with Crippen molar-refractivity contribution in [2.24, 2.45) is 5.92 Å². The molecule has 5 nitrogen and oxygen atoms in total. The number of carbonyl (C=O) groups excluding carboxylic acids is 1. The number of hydrogen-bond acceptors (Lipinski definition) is 4. The van der Waals surface area contributed by atoms with Crippen LogP contribution in [-0.2, 0) is 9.53 Å². The van der Waals surface area contributed by atoms with Crippen LogP contribution >= 0.6 is 0 Å². The molecule has 0 bridgehead atoms. The van der Waals surface area contributed by atoms with Gasteiger partial charge in [-0.05, 0) is 31.9 Å². The third-order valence-electron chi connectivity index (χ3n) is 4.64. The number of methoxy groups -OCH3 is 1. The van der Waals surface area contributed by atoms with E-state index >= 15 is 0 Å². The topological polar surface area (TPSA) is 52.9 Å². The van der Waals surface area contributed by atoms with Crippen LogP contribution in [0, 0.1) is 12.8 Å². The Kier molecular flexibility index (Phi) is 4.88. The van der Waals surface area contributed by atoms with Crippen LogP contribution in [-0.4, -0.2) is 32.8 Å². The number of nitrogens with zero attached hydrogens (tertiary/aromatic N) is 1. The fraction of sp³-hybridized carbons (Fsp3) is 0.474. The van der Waals surface area contributed by atoms with Crippen molar-refractivity contribution in [3.8, 4) is 5.75 Å². The molecular weight excluding hydrogens is 304 g/mol. The normalized spacial score (nSPS) is 15.5. The number of aryl methyl sites for hydroxylation is 1. The van der Waals surface area contributed by atoms with Crippen molar-refractivity contribution >= 4 is 22.6 Å². The summed E-state index contributed by atoms with van der Waals surface area (Å²) in [4.78, 5) is 17.7. The van der Waals surface area contributed by atoms with Crippen molar-refractivity contribution in [2.45, 2.75) is 26.7 Å². The van der Waals surface area contributed by atoms with Gasteiger partial charge in [0, 0.05) is 32.1 Å². The van der Waals surface area contributed by atoms with E-state index in [0.29, 0.717) is 6.61 Å². The van der Waals surface area contributed by atoms with E-state index in [2.05, 4.69) is 35.0 Å². The Bertz CT molecular complexity index is 737. The molecule has 24 heavy (non-hydrogen) atoms. The number of anilines is 1. The van der Waals surface area contributed by atoms with Crippen LogP contribution < -0.4 is 14.6 Å². The summed E-state index contributed by atoms with van der Waals surface area (Å²) >= 11 is 0. The minimum Gasteiger partial charge on any atom is -0.497 e. The summed E-state index contributed by atoms with van der Waals surface area (Å²) in [5, 5.41) is 1.15. The van der Waals surface area contributed by atoms with E-state index in [0.717, 1.165) is 48.3 Å². The van der Waals surface area contributed by atoms with Crippen molar-refractivity contribution in [3.05, 3.63) is 30.0 Å². The van der Waals surface area contributed by atoms with Crippen LogP contribution in [0.15, 0.2) is 24.3 Å². The first kappa shape index (κ1) is 16.6. The lowest BCUT2D eigenvalue weighted by Gasteiger charge is -2.32. The van der Waals surface area contributed by atoms with Crippen molar-refractivity contribution in [1.82, 2.24) is 0 Å². The number of piperidine rings is 1. The number of pyridine rings is 1. The molecule has 2 aromatic rings. The molecule has 0 saturated carbocycles. The van der Waals surface area contributed by atoms with Gasteiger partial charge in [0.2, 0.25) is 5.52 Å². The summed E-state index contributed by atoms with van der Waals surface area (Å²) in [5.74, 6) is 0.821. The molecule has 0 radical (unpaired) electrons. The second kappa shape index (κ2) is 7.07. The highest BCUT2D eigenvalue weighted by atomic mass is 16.5. The smallest absolute Gasteiger partial charge is 0.309 e. The Morgan fingerprint density at radius 2 is 2.04 bits per heavy atom. The molecule has 1 aromatic heterocycles. The summed E-state index contributed by atoms with van der Waals surface area (Å²) in [6.07, 6.45) is 1.67. The van der Waals surface area contributed by atoms with Gasteiger partial charge in [-0.3, -0.25) is 4.79 Å². The monoisotopic (exact) mass is 329 g/mol. The molecule has 1 fully saturated rings. The number of hydrogen-bond donors (Lipinski definition) is 0. The van der Waals surface area contributed by atoms with Crippen LogP contribution in [0.25, 0.3) is 10.9 Å². The number of H-pyrrole nitrogens is 1. The number of aromatic nitrogens is 1. The van der Waals surface area contributed by atoms with E-state index < -0.39 is 0 Å². The fourth-order valence-electron chi connectivity index (χ4n) is 3.38. The number of rotatable bonds is 4. The van der Waals surface area contributed by atoms with Crippen molar-refractivity contribution in [3.63, 3.8) is 0 Å². The number of fused-ring (bicyclic) bond motifs is 1. The second-order valence-electron chi connectivity index (χ2n) is 6.26. The quantitative estimate of drug-likeness (QED) is 0.810. The molecule has 1 saturated heterocycles. The molecule has 128 valence electrons. The lowest BCUT2D eigenvalue weighted by Crippen LogP contribution is -2.37. The molecule has 5 heteroatoms. The highest BCUT2D eigenvalue weighted by Gasteiger charge is 2.27. The van der Waals surface area contributed by atoms with Crippen molar-refractivity contribution < 1.29 is 19.3 Å². The molecule has 2 heterocycles. The van der Waals surface area contributed by atoms with E-state index in [4.69, 9.17) is 9.47 Å². The molecule has 0 spiro atoms. The summed E-state index contributed by atoms with van der Waals surface area (Å²) in [7, 11) is 1.68. The van der Waals surface area contributed by atoms with E-state index in [1.54, 1.807) is 7.11 Å². The van der Waals surface area contributed by atoms with E-state index in [9.17, 15) is 4.79 Å². The van der Waals surface area contributed by atoms with Crippen molar-refractivity contribution in [2.75, 3.05) is 31.7 Å². The average Bonchev–Trinajstić information content (AvgIpc) is 2.61. The average molecular weight is 329 g/mol. The molecule has 1 aromatic carbocycles. The lowest BCUT2D eigenvalue weighted by atomic mass is 9.96. The van der Waals surface area contributed by atoms with Gasteiger partial charge in [0.15, 0.2) is 5.69 Å². The van der Waals surface area contributed by atoms with Gasteiger partial charge in [-0.1, -0.05) is 0 Å². The van der Waals surface area contributed by atoms with Crippen molar-refractivity contribution in [1.29, 1.82) is 0 Å². The van der Waals surface area contributed by atoms with Gasteiger partial charge in [0.05, 0.1) is 30.7 Å². The Morgan fingerprint density at radius 3 is 2.71 bits per heavy atom. The molecule has 1 aliphatic rings. The number of nitrogens with one attached hydrogen (secondary N) is 1. The molecule has 1 aliphatic heterocycles. The zero-order chi connectivity index (χ0) is 17.1. The van der Waals surface area contributed by atoms with Crippen LogP contribution in [0.2, 0.25) is 0 Å². The first-order valence-electron chi connectivity index (χ1n) is 8.54. The lowest BCUT2D eigenvalue weighted by molar-refractivity contribution is -0.354. The van der Waals surface area contributed by atoms with Crippen LogP contribution in [0.3, 0.4) is 0 Å². The minimum atomic E-state index is -0.0544. The van der Waals surface area contributed by atoms with Gasteiger partial charge in [0.1, 0.15) is 5.75 Å². The summed E-state index contributed by atoms with van der Waals surface area (Å²) in [6.45, 7) is 6.10. The van der Waals surface area contributed by atoms with E-state index in [1.165, 1.54) is 5.69 Å². The largest absolute Gasteiger partial charge is 0.497 e. The third kappa shape index (κ3) is 3.30. The van der Waals surface area contributed by atoms with Gasteiger partial charge in [-0.2, -0.15) is 0 Å². The van der Waals surface area contributed by atoms with Gasteiger partial charge in [0.25, 0.3) is 0 Å². The molecule has 0 amide bonds. The number of aromatic amines is 1. The molecule has 0 atom stereocenters. The van der Waals surface area contributed by atoms with Crippen LogP contribution in [0.1, 0.15) is 25.5 Å². The third-order valence-corrected chi connectivity index (χ3v) is 4.64. The zero-order valence-corrected chi connectivity index (χ0v) is 14.6. The number of esters is 1. The maximum absolute atomic E-state index is 11.9. The standard InChI is InChI=1S/C19H24N2O3/c1-4-24-19(22)14-7-9-21(10-8-14)18-11-13(2)20-17-6-5-15(23-3)12-16(17)18/h5-6,11-12,14H,4,7-10H2,1-3H3/p+1. The first-order chi connectivity index (χ1) is 11.6.